The minimum absolute atomic E-state index is 0.229. The van der Waals surface area contributed by atoms with Crippen LogP contribution in [-0.4, -0.2) is 5.91 Å². The maximum absolute atomic E-state index is 12.1. The number of amides is 1. The van der Waals surface area contributed by atoms with Crippen LogP contribution in [-0.2, 0) is 4.79 Å². The van der Waals surface area contributed by atoms with Gasteiger partial charge in [-0.2, -0.15) is 0 Å². The first-order valence-corrected chi connectivity index (χ1v) is 5.12. The van der Waals surface area contributed by atoms with E-state index < -0.39 is 6.17 Å². The molecule has 5 nitrogen and oxygen atoms in total. The Labute approximate surface area is 97.2 Å². The van der Waals surface area contributed by atoms with Gasteiger partial charge in [0.05, 0.1) is 10.9 Å². The molecule has 1 atom stereocenters. The third kappa shape index (κ3) is 2.19. The van der Waals surface area contributed by atoms with Crippen molar-refractivity contribution in [1.29, 1.82) is 0 Å². The van der Waals surface area contributed by atoms with Crippen LogP contribution in [0.1, 0.15) is 18.7 Å². The second-order valence-electron chi connectivity index (χ2n) is 3.69. The van der Waals surface area contributed by atoms with Crippen LogP contribution in [0.25, 0.3) is 11.0 Å². The molecule has 0 aliphatic rings. The summed E-state index contributed by atoms with van der Waals surface area (Å²) < 4.78 is 5.30. The number of nitrogens with one attached hydrogen (secondary N) is 1. The van der Waals surface area contributed by atoms with Gasteiger partial charge in [0.1, 0.15) is 18.0 Å². The van der Waals surface area contributed by atoms with Gasteiger partial charge in [0.25, 0.3) is 0 Å². The maximum Gasteiger partial charge on any atom is 0.218 e. The summed E-state index contributed by atoms with van der Waals surface area (Å²) in [6.45, 7) is 1.34. The average molecular weight is 232 g/mol. The Morgan fingerprint density at radius 3 is 2.82 bits per heavy atom. The van der Waals surface area contributed by atoms with Crippen LogP contribution in [0.4, 0.5) is 0 Å². The van der Waals surface area contributed by atoms with Crippen LogP contribution in [0.2, 0.25) is 0 Å². The average Bonchev–Trinajstić information content (AvgIpc) is 2.28. The zero-order valence-electron chi connectivity index (χ0n) is 9.27. The first-order valence-electron chi connectivity index (χ1n) is 5.12. The Balaban J connectivity index is 2.53. The summed E-state index contributed by atoms with van der Waals surface area (Å²) in [7, 11) is 0. The first kappa shape index (κ1) is 11.3. The van der Waals surface area contributed by atoms with Gasteiger partial charge in [-0.1, -0.05) is 12.1 Å². The molecule has 0 aliphatic carbocycles. The molecule has 0 aliphatic heterocycles. The van der Waals surface area contributed by atoms with E-state index in [1.54, 1.807) is 24.3 Å². The van der Waals surface area contributed by atoms with Gasteiger partial charge in [-0.15, -0.1) is 0 Å². The molecule has 1 aromatic heterocycles. The van der Waals surface area contributed by atoms with Crippen LogP contribution < -0.4 is 16.5 Å². The highest BCUT2D eigenvalue weighted by Gasteiger charge is 2.14. The Kier molecular flexibility index (Phi) is 2.93. The molecule has 0 bridgehead atoms. The zero-order chi connectivity index (χ0) is 12.4. The molecule has 1 amide bonds. The van der Waals surface area contributed by atoms with Crippen LogP contribution in [0.5, 0.6) is 0 Å². The van der Waals surface area contributed by atoms with Crippen molar-refractivity contribution in [2.75, 3.05) is 0 Å². The molecule has 17 heavy (non-hydrogen) atoms. The number of benzene rings is 1. The lowest BCUT2D eigenvalue weighted by atomic mass is 10.1. The fourth-order valence-corrected chi connectivity index (χ4v) is 1.60. The summed E-state index contributed by atoms with van der Waals surface area (Å²) in [5, 5.41) is 2.89. The summed E-state index contributed by atoms with van der Waals surface area (Å²) >= 11 is 0. The Bertz CT molecular complexity index is 618. The largest absolute Gasteiger partial charge is 0.464 e. The van der Waals surface area contributed by atoms with E-state index in [-0.39, 0.29) is 16.9 Å². The molecule has 0 saturated carbocycles. The molecular formula is C12H12N2O3. The first-order chi connectivity index (χ1) is 8.09. The van der Waals surface area contributed by atoms with Crippen molar-refractivity contribution in [2.24, 2.45) is 5.73 Å². The molecule has 5 heteroatoms. The number of carbonyl (C=O) groups excluding carboxylic acids is 1. The number of fused-ring (bicyclic) bond motifs is 1. The minimum atomic E-state index is -0.853. The summed E-state index contributed by atoms with van der Waals surface area (Å²) in [4.78, 5) is 22.9. The lowest BCUT2D eigenvalue weighted by Gasteiger charge is -2.11. The summed E-state index contributed by atoms with van der Waals surface area (Å²) in [6.07, 6.45) is 0.430. The van der Waals surface area contributed by atoms with Gasteiger partial charge >= 0.3 is 0 Å². The van der Waals surface area contributed by atoms with Crippen LogP contribution in [0, 0.1) is 0 Å². The monoisotopic (exact) mass is 232 g/mol. The minimum Gasteiger partial charge on any atom is -0.464 e. The lowest BCUT2D eigenvalue weighted by molar-refractivity contribution is -0.119. The molecule has 2 aromatic rings. The van der Waals surface area contributed by atoms with Gasteiger partial charge in [0, 0.05) is 6.92 Å². The highest BCUT2D eigenvalue weighted by molar-refractivity contribution is 5.77. The summed E-state index contributed by atoms with van der Waals surface area (Å²) in [5.74, 6) is -0.301. The second kappa shape index (κ2) is 4.39. The number of hydrogen-bond acceptors (Lipinski definition) is 4. The molecule has 0 saturated heterocycles. The molecule has 3 N–H and O–H groups in total. The van der Waals surface area contributed by atoms with Crippen molar-refractivity contribution >= 4 is 16.9 Å². The number of nitrogens with two attached hydrogens (primary N) is 1. The van der Waals surface area contributed by atoms with Gasteiger partial charge in [0.2, 0.25) is 5.91 Å². The molecule has 1 heterocycles. The van der Waals surface area contributed by atoms with Crippen LogP contribution in [0.3, 0.4) is 0 Å². The second-order valence-corrected chi connectivity index (χ2v) is 3.69. The van der Waals surface area contributed by atoms with Crippen LogP contribution >= 0.6 is 0 Å². The highest BCUT2D eigenvalue weighted by Crippen LogP contribution is 2.12. The van der Waals surface area contributed by atoms with Crippen molar-refractivity contribution in [3.05, 3.63) is 46.3 Å². The van der Waals surface area contributed by atoms with E-state index >= 15 is 0 Å². The van der Waals surface area contributed by atoms with Crippen molar-refractivity contribution in [3.63, 3.8) is 0 Å². The van der Waals surface area contributed by atoms with Crippen LogP contribution in [0.15, 0.2) is 39.7 Å². The molecule has 0 fully saturated rings. The maximum atomic E-state index is 12.1. The molecule has 0 spiro atoms. The van der Waals surface area contributed by atoms with Crippen molar-refractivity contribution in [3.8, 4) is 0 Å². The number of carbonyl (C=O) groups is 1. The number of hydrogen-bond donors (Lipinski definition) is 2. The lowest BCUT2D eigenvalue weighted by Crippen LogP contribution is -2.35. The van der Waals surface area contributed by atoms with E-state index in [1.165, 1.54) is 13.2 Å². The van der Waals surface area contributed by atoms with E-state index in [4.69, 9.17) is 10.2 Å². The van der Waals surface area contributed by atoms with E-state index in [0.717, 1.165) is 0 Å². The van der Waals surface area contributed by atoms with E-state index in [1.807, 2.05) is 0 Å². The van der Waals surface area contributed by atoms with Gasteiger partial charge in [0.15, 0.2) is 5.43 Å². The summed E-state index contributed by atoms with van der Waals surface area (Å²) in [6, 6.07) is 6.88. The molecular weight excluding hydrogens is 220 g/mol. The predicted molar refractivity (Wildman–Crippen MR) is 63.2 cm³/mol. The standard InChI is InChI=1S/C12H12N2O3/c1-7(15)14-12(13)9-6-17-10-5-3-2-4-8(10)11(9)16/h2-6,12H,13H2,1H3,(H,14,15). The van der Waals surface area contributed by atoms with Gasteiger partial charge in [-0.3, -0.25) is 9.59 Å². The van der Waals surface area contributed by atoms with Gasteiger partial charge in [-0.05, 0) is 12.1 Å². The third-order valence-corrected chi connectivity index (χ3v) is 2.40. The Morgan fingerprint density at radius 1 is 1.41 bits per heavy atom. The van der Waals surface area contributed by atoms with Gasteiger partial charge in [-0.25, -0.2) is 0 Å². The van der Waals surface area contributed by atoms with E-state index in [2.05, 4.69) is 5.32 Å². The smallest absolute Gasteiger partial charge is 0.218 e. The fraction of sp³-hybridized carbons (Fsp3) is 0.167. The van der Waals surface area contributed by atoms with Gasteiger partial charge < -0.3 is 15.5 Å². The predicted octanol–water partition coefficient (Wildman–Crippen LogP) is 0.886. The molecule has 2 rings (SSSR count). The normalized spacial score (nSPS) is 12.4. The molecule has 88 valence electrons. The molecule has 1 unspecified atom stereocenters. The molecule has 1 aromatic carbocycles. The quantitative estimate of drug-likeness (QED) is 0.753. The van der Waals surface area contributed by atoms with E-state index in [9.17, 15) is 9.59 Å². The van der Waals surface area contributed by atoms with E-state index in [0.29, 0.717) is 11.0 Å². The Hall–Kier alpha value is -2.14. The van der Waals surface area contributed by atoms with Crippen molar-refractivity contribution in [1.82, 2.24) is 5.32 Å². The SMILES string of the molecule is CC(=O)NC(N)c1coc2ccccc2c1=O. The number of para-hydroxylation sites is 1. The Morgan fingerprint density at radius 2 is 2.12 bits per heavy atom. The van der Waals surface area contributed by atoms with Crippen molar-refractivity contribution < 1.29 is 9.21 Å². The fourth-order valence-electron chi connectivity index (χ4n) is 1.60. The summed E-state index contributed by atoms with van der Waals surface area (Å²) in [5.41, 5.74) is 6.20. The number of rotatable bonds is 2. The third-order valence-electron chi connectivity index (χ3n) is 2.40. The topological polar surface area (TPSA) is 85.3 Å². The van der Waals surface area contributed by atoms with Crippen molar-refractivity contribution in [2.45, 2.75) is 13.1 Å². The highest BCUT2D eigenvalue weighted by atomic mass is 16.3. The molecule has 0 radical (unpaired) electrons. The zero-order valence-corrected chi connectivity index (χ0v) is 9.27.